The number of hydrogen-bond donors (Lipinski definition) is 1. The van der Waals surface area contributed by atoms with Gasteiger partial charge >= 0.3 is 0 Å². The number of ether oxygens (including phenoxy) is 1. The summed E-state index contributed by atoms with van der Waals surface area (Å²) in [5.41, 5.74) is 3.72. The van der Waals surface area contributed by atoms with Gasteiger partial charge in [-0.3, -0.25) is 14.3 Å². The second kappa shape index (κ2) is 10.8. The number of para-hydroxylation sites is 1. The van der Waals surface area contributed by atoms with Crippen LogP contribution in [0.25, 0.3) is 17.1 Å². The Morgan fingerprint density at radius 3 is 2.48 bits per heavy atom. The third-order valence-electron chi connectivity index (χ3n) is 4.98. The molecule has 0 aliphatic carbocycles. The van der Waals surface area contributed by atoms with Crippen LogP contribution < -0.4 is 10.1 Å². The Morgan fingerprint density at radius 1 is 1.00 bits per heavy atom. The Bertz CT molecular complexity index is 1210. The largest absolute Gasteiger partial charge is 0.494 e. The maximum absolute atomic E-state index is 12.7. The SMILES string of the molecule is CCOc1ccc(-n2c(SCC(=O)Nc3ccccc3CC)nnc2-c2ccncc2)cc1. The van der Waals surface area contributed by atoms with Crippen molar-refractivity contribution >= 4 is 23.4 Å². The molecule has 8 heteroatoms. The second-order valence-corrected chi connectivity index (χ2v) is 8.09. The fourth-order valence-electron chi connectivity index (χ4n) is 3.41. The number of carbonyl (C=O) groups is 1. The zero-order valence-corrected chi connectivity index (χ0v) is 19.4. The Hall–Kier alpha value is -3.65. The van der Waals surface area contributed by atoms with Crippen molar-refractivity contribution in [2.24, 2.45) is 0 Å². The molecule has 1 N–H and O–H groups in total. The van der Waals surface area contributed by atoms with E-state index in [1.165, 1.54) is 11.8 Å². The molecule has 0 atom stereocenters. The number of aryl methyl sites for hydroxylation is 1. The van der Waals surface area contributed by atoms with Gasteiger partial charge < -0.3 is 10.1 Å². The van der Waals surface area contributed by atoms with Crippen molar-refractivity contribution in [2.75, 3.05) is 17.7 Å². The van der Waals surface area contributed by atoms with Gasteiger partial charge in [0.15, 0.2) is 11.0 Å². The average molecular weight is 460 g/mol. The van der Waals surface area contributed by atoms with Crippen LogP contribution >= 0.6 is 11.8 Å². The molecule has 0 radical (unpaired) electrons. The van der Waals surface area contributed by atoms with Crippen LogP contribution in [0.3, 0.4) is 0 Å². The van der Waals surface area contributed by atoms with E-state index in [-0.39, 0.29) is 11.7 Å². The van der Waals surface area contributed by atoms with Crippen LogP contribution in [0.2, 0.25) is 0 Å². The molecule has 2 aromatic carbocycles. The van der Waals surface area contributed by atoms with E-state index < -0.39 is 0 Å². The molecule has 0 aliphatic rings. The first-order valence-corrected chi connectivity index (χ1v) is 11.8. The Labute approximate surface area is 197 Å². The fourth-order valence-corrected chi connectivity index (χ4v) is 4.16. The summed E-state index contributed by atoms with van der Waals surface area (Å²) in [6, 6.07) is 19.4. The number of nitrogens with zero attached hydrogens (tertiary/aromatic N) is 4. The van der Waals surface area contributed by atoms with E-state index in [1.807, 2.05) is 72.2 Å². The molecule has 0 saturated heterocycles. The minimum absolute atomic E-state index is 0.0902. The molecule has 1 amide bonds. The van der Waals surface area contributed by atoms with E-state index in [0.717, 1.165) is 34.7 Å². The van der Waals surface area contributed by atoms with E-state index in [4.69, 9.17) is 4.74 Å². The number of pyridine rings is 1. The quantitative estimate of drug-likeness (QED) is 0.354. The molecule has 4 aromatic rings. The number of thioether (sulfide) groups is 1. The molecule has 33 heavy (non-hydrogen) atoms. The molecule has 0 saturated carbocycles. The maximum atomic E-state index is 12.7. The molecular weight excluding hydrogens is 434 g/mol. The number of aromatic nitrogens is 4. The van der Waals surface area contributed by atoms with Gasteiger partial charge in [0, 0.05) is 29.3 Å². The lowest BCUT2D eigenvalue weighted by molar-refractivity contribution is -0.113. The highest BCUT2D eigenvalue weighted by Crippen LogP contribution is 2.29. The lowest BCUT2D eigenvalue weighted by Crippen LogP contribution is -2.15. The standard InChI is InChI=1S/C25H25N5O2S/c1-3-18-7-5-6-8-22(18)27-23(31)17-33-25-29-28-24(19-13-15-26-16-14-19)30(25)20-9-11-21(12-10-20)32-4-2/h5-16H,3-4,17H2,1-2H3,(H,27,31). The summed E-state index contributed by atoms with van der Waals surface area (Å²) < 4.78 is 7.52. The highest BCUT2D eigenvalue weighted by molar-refractivity contribution is 7.99. The van der Waals surface area contributed by atoms with Gasteiger partial charge in [0.2, 0.25) is 5.91 Å². The Kier molecular flexibility index (Phi) is 7.36. The van der Waals surface area contributed by atoms with Gasteiger partial charge in [-0.2, -0.15) is 0 Å². The summed E-state index contributed by atoms with van der Waals surface area (Å²) in [4.78, 5) is 16.8. The highest BCUT2D eigenvalue weighted by atomic mass is 32.2. The van der Waals surface area contributed by atoms with Crippen molar-refractivity contribution in [3.05, 3.63) is 78.6 Å². The number of benzene rings is 2. The summed E-state index contributed by atoms with van der Waals surface area (Å²) in [6.45, 7) is 4.62. The fraction of sp³-hybridized carbons (Fsp3) is 0.200. The predicted octanol–water partition coefficient (Wildman–Crippen LogP) is 5.02. The summed E-state index contributed by atoms with van der Waals surface area (Å²) in [5.74, 6) is 1.60. The van der Waals surface area contributed by atoms with Crippen molar-refractivity contribution in [3.8, 4) is 22.8 Å². The van der Waals surface area contributed by atoms with Crippen molar-refractivity contribution < 1.29 is 9.53 Å². The smallest absolute Gasteiger partial charge is 0.234 e. The van der Waals surface area contributed by atoms with Crippen LogP contribution in [0.15, 0.2) is 78.2 Å². The minimum Gasteiger partial charge on any atom is -0.494 e. The van der Waals surface area contributed by atoms with Gasteiger partial charge in [0.1, 0.15) is 5.75 Å². The lowest BCUT2D eigenvalue weighted by Gasteiger charge is -2.12. The van der Waals surface area contributed by atoms with Crippen LogP contribution in [0.1, 0.15) is 19.4 Å². The molecule has 2 heterocycles. The van der Waals surface area contributed by atoms with E-state index in [0.29, 0.717) is 17.6 Å². The number of anilines is 1. The van der Waals surface area contributed by atoms with E-state index in [9.17, 15) is 4.79 Å². The van der Waals surface area contributed by atoms with Gasteiger partial charge in [0.05, 0.1) is 12.4 Å². The number of hydrogen-bond acceptors (Lipinski definition) is 6. The Morgan fingerprint density at radius 2 is 1.76 bits per heavy atom. The third-order valence-corrected chi connectivity index (χ3v) is 5.91. The topological polar surface area (TPSA) is 81.9 Å². The molecule has 0 unspecified atom stereocenters. The summed E-state index contributed by atoms with van der Waals surface area (Å²) in [6.07, 6.45) is 4.29. The van der Waals surface area contributed by atoms with Crippen molar-refractivity contribution in [2.45, 2.75) is 25.4 Å². The lowest BCUT2D eigenvalue weighted by atomic mass is 10.1. The highest BCUT2D eigenvalue weighted by Gasteiger charge is 2.18. The molecule has 2 aromatic heterocycles. The van der Waals surface area contributed by atoms with Crippen LogP contribution in [0.4, 0.5) is 5.69 Å². The normalized spacial score (nSPS) is 10.7. The molecule has 0 aliphatic heterocycles. The molecule has 0 spiro atoms. The molecule has 7 nitrogen and oxygen atoms in total. The van der Waals surface area contributed by atoms with Crippen LogP contribution in [-0.4, -0.2) is 38.0 Å². The van der Waals surface area contributed by atoms with E-state index in [2.05, 4.69) is 27.4 Å². The van der Waals surface area contributed by atoms with Gasteiger partial charge in [-0.15, -0.1) is 10.2 Å². The summed E-state index contributed by atoms with van der Waals surface area (Å²) >= 11 is 1.34. The predicted molar refractivity (Wildman–Crippen MR) is 131 cm³/mol. The van der Waals surface area contributed by atoms with Crippen LogP contribution in [-0.2, 0) is 11.2 Å². The first kappa shape index (κ1) is 22.5. The van der Waals surface area contributed by atoms with Crippen LogP contribution in [0, 0.1) is 0 Å². The van der Waals surface area contributed by atoms with Gasteiger partial charge in [-0.05, 0) is 61.4 Å². The van der Waals surface area contributed by atoms with Gasteiger partial charge in [-0.25, -0.2) is 0 Å². The molecule has 0 fully saturated rings. The number of nitrogens with one attached hydrogen (secondary N) is 1. The van der Waals surface area contributed by atoms with Crippen molar-refractivity contribution in [1.29, 1.82) is 0 Å². The van der Waals surface area contributed by atoms with Crippen molar-refractivity contribution in [3.63, 3.8) is 0 Å². The Balaban J connectivity index is 1.59. The molecular formula is C25H25N5O2S. The summed E-state index contributed by atoms with van der Waals surface area (Å²) in [7, 11) is 0. The second-order valence-electron chi connectivity index (χ2n) is 7.15. The zero-order chi connectivity index (χ0) is 23.0. The minimum atomic E-state index is -0.0902. The van der Waals surface area contributed by atoms with Crippen molar-refractivity contribution in [1.82, 2.24) is 19.7 Å². The third kappa shape index (κ3) is 5.40. The molecule has 168 valence electrons. The summed E-state index contributed by atoms with van der Waals surface area (Å²) in [5, 5.41) is 12.4. The van der Waals surface area contributed by atoms with Gasteiger partial charge in [-0.1, -0.05) is 36.9 Å². The number of carbonyl (C=O) groups excluding carboxylic acids is 1. The zero-order valence-electron chi connectivity index (χ0n) is 18.6. The molecule has 4 rings (SSSR count). The first-order valence-electron chi connectivity index (χ1n) is 10.8. The van der Waals surface area contributed by atoms with Gasteiger partial charge in [0.25, 0.3) is 0 Å². The maximum Gasteiger partial charge on any atom is 0.234 e. The van der Waals surface area contributed by atoms with E-state index in [1.54, 1.807) is 12.4 Å². The number of amides is 1. The average Bonchev–Trinajstić information content (AvgIpc) is 3.28. The monoisotopic (exact) mass is 459 g/mol. The first-order chi connectivity index (χ1) is 16.2. The molecule has 0 bridgehead atoms. The van der Waals surface area contributed by atoms with E-state index >= 15 is 0 Å². The van der Waals surface area contributed by atoms with Crippen LogP contribution in [0.5, 0.6) is 5.75 Å². The number of rotatable bonds is 9.